The largest absolute Gasteiger partial charge is 0.459 e. The van der Waals surface area contributed by atoms with Crippen LogP contribution in [0, 0.1) is 23.7 Å². The number of oxime groups is 1. The van der Waals surface area contributed by atoms with Crippen molar-refractivity contribution in [2.75, 3.05) is 34.4 Å². The fourth-order valence-electron chi connectivity index (χ4n) is 10.3. The summed E-state index contributed by atoms with van der Waals surface area (Å²) in [6, 6.07) is -0.312. The van der Waals surface area contributed by atoms with Gasteiger partial charge in [-0.1, -0.05) is 39.4 Å². The highest BCUT2D eigenvalue weighted by molar-refractivity contribution is 5.89. The summed E-state index contributed by atoms with van der Waals surface area (Å²) in [7, 11) is 5.31. The zero-order chi connectivity index (χ0) is 48.9. The molecule has 0 amide bonds. The molecule has 0 aromatic carbocycles. The third-order valence-electron chi connectivity index (χ3n) is 13.7. The maximum absolute atomic E-state index is 14.8. The molecular weight excluding hydrogens is 849 g/mol. The minimum Gasteiger partial charge on any atom is -0.459 e. The lowest BCUT2D eigenvalue weighted by molar-refractivity contribution is -0.321. The van der Waals surface area contributed by atoms with Gasteiger partial charge in [0.15, 0.2) is 24.8 Å². The second-order valence-corrected chi connectivity index (χ2v) is 19.6. The van der Waals surface area contributed by atoms with Crippen LogP contribution in [0.2, 0.25) is 0 Å². The molecule has 2 bridgehead atoms. The summed E-state index contributed by atoms with van der Waals surface area (Å²) in [5, 5.41) is 17.0. The molecule has 1 N–H and O–H groups in total. The zero-order valence-electron chi connectivity index (χ0n) is 41.6. The number of rotatable bonds is 10. The number of likely N-dealkylation sites (N-methyl/N-ethyl adjacent to an activating group) is 1. The maximum Gasteiger partial charge on any atom is 0.331 e. The molecule has 0 aromatic rings. The zero-order valence-corrected chi connectivity index (χ0v) is 41.6. The molecule has 65 heavy (non-hydrogen) atoms. The second-order valence-electron chi connectivity index (χ2n) is 19.6. The van der Waals surface area contributed by atoms with Crippen LogP contribution in [0.25, 0.3) is 0 Å². The van der Waals surface area contributed by atoms with Crippen molar-refractivity contribution in [1.82, 2.24) is 4.90 Å². The summed E-state index contributed by atoms with van der Waals surface area (Å²) >= 11 is 0. The summed E-state index contributed by atoms with van der Waals surface area (Å²) in [5.41, 5.74) is -3.33. The Balaban J connectivity index is 2.03. The molecule has 4 fully saturated rings. The number of hydrogen-bond acceptors (Lipinski definition) is 18. The smallest absolute Gasteiger partial charge is 0.331 e. The van der Waals surface area contributed by atoms with Gasteiger partial charge in [0.05, 0.1) is 67.0 Å². The van der Waals surface area contributed by atoms with Crippen molar-refractivity contribution in [2.45, 2.75) is 200 Å². The van der Waals surface area contributed by atoms with Crippen LogP contribution in [0.3, 0.4) is 0 Å². The summed E-state index contributed by atoms with van der Waals surface area (Å²) < 4.78 is 64.8. The van der Waals surface area contributed by atoms with E-state index < -0.39 is 120 Å². The highest BCUT2D eigenvalue weighted by atomic mass is 16.7. The number of cyclic esters (lactones) is 1. The standard InChI is InChI=1S/C47H78N2O16/c1-18-35-47(14,54)41-27(5)37(48-65-33(11)52)25(3)20-46(13,57-23-24(2)22-56-41)40(64-44-39(60-31(9)50)34(49(15)16)19-26(4)58-44)28(6)38(29(7)43(53)62-35)63-36-21-45(12,55-17)42(30(8)59-36)61-32(10)51/h25-30,34-36,38-42,44,54H,2,18-23H2,1,3-17H3/t25-,26-,27+,28+,29-,30+,34+,35-,36?,38+,39-,40-,41-,42+,44+,45-,46-,47-/m1/s1. The van der Waals surface area contributed by atoms with E-state index in [1.54, 1.807) is 34.6 Å². The molecule has 4 saturated heterocycles. The first-order chi connectivity index (χ1) is 30.2. The molecule has 4 heterocycles. The van der Waals surface area contributed by atoms with Crippen molar-refractivity contribution in [3.8, 4) is 0 Å². The Morgan fingerprint density at radius 2 is 1.52 bits per heavy atom. The summed E-state index contributed by atoms with van der Waals surface area (Å²) in [6.07, 6.45) is -8.20. The predicted octanol–water partition coefficient (Wildman–Crippen LogP) is 4.90. The van der Waals surface area contributed by atoms with E-state index in [1.807, 2.05) is 53.6 Å². The van der Waals surface area contributed by atoms with Crippen LogP contribution in [0.1, 0.15) is 116 Å². The number of methoxy groups -OCH3 is 1. The van der Waals surface area contributed by atoms with Gasteiger partial charge in [-0.25, -0.2) is 4.79 Å². The minimum atomic E-state index is -1.83. The summed E-state index contributed by atoms with van der Waals surface area (Å²) in [5.74, 6) is -5.49. The topological polar surface area (TPSA) is 206 Å². The van der Waals surface area contributed by atoms with Crippen LogP contribution in [0.4, 0.5) is 0 Å². The van der Waals surface area contributed by atoms with E-state index in [-0.39, 0.29) is 44.6 Å². The Morgan fingerprint density at radius 3 is 2.09 bits per heavy atom. The van der Waals surface area contributed by atoms with Crippen LogP contribution in [0.15, 0.2) is 17.3 Å². The van der Waals surface area contributed by atoms with Gasteiger partial charge in [0, 0.05) is 52.1 Å². The number of hydrogen-bond donors (Lipinski definition) is 1. The van der Waals surface area contributed by atoms with E-state index in [4.69, 9.17) is 52.2 Å². The Morgan fingerprint density at radius 1 is 0.877 bits per heavy atom. The number of ether oxygens (including phenoxy) is 10. The lowest BCUT2D eigenvalue weighted by Crippen LogP contribution is -2.62. The van der Waals surface area contributed by atoms with Crippen molar-refractivity contribution in [3.63, 3.8) is 0 Å². The Bertz CT molecular complexity index is 1710. The summed E-state index contributed by atoms with van der Waals surface area (Å²) in [4.78, 5) is 59.4. The van der Waals surface area contributed by atoms with Gasteiger partial charge in [0.1, 0.15) is 17.3 Å². The molecule has 4 rings (SSSR count). The van der Waals surface area contributed by atoms with E-state index in [0.29, 0.717) is 17.7 Å². The van der Waals surface area contributed by atoms with Crippen molar-refractivity contribution in [1.29, 1.82) is 0 Å². The van der Waals surface area contributed by atoms with Crippen molar-refractivity contribution in [2.24, 2.45) is 28.8 Å². The van der Waals surface area contributed by atoms with Crippen molar-refractivity contribution >= 4 is 29.6 Å². The number of esters is 3. The SMILES string of the molecule is C=C1CO[C@@H]2[C@@H](C)C(=NOC(C)=O)[C@H](C)C[C@@](C)(OC1)[C@H](O[C@@H]1O[C@H](C)C[C@H](N(C)C)[C@H]1OC(C)=O)[C@@H](C)[C@H](OC1C[C@@](C)(OC)[C@@H](OC(C)=O)[C@H](C)O1)[C@@H](C)C(=O)O[C@H](CC)[C@@]2(C)O. The fourth-order valence-corrected chi connectivity index (χ4v) is 10.3. The van der Waals surface area contributed by atoms with Crippen molar-refractivity contribution < 1.29 is 76.5 Å². The van der Waals surface area contributed by atoms with Gasteiger partial charge < -0.3 is 62.2 Å². The van der Waals surface area contributed by atoms with Crippen LogP contribution in [-0.2, 0) is 71.4 Å². The number of aliphatic hydroxyl groups is 1. The van der Waals surface area contributed by atoms with Gasteiger partial charge in [0.2, 0.25) is 0 Å². The van der Waals surface area contributed by atoms with Gasteiger partial charge in [-0.3, -0.25) is 14.4 Å². The van der Waals surface area contributed by atoms with Gasteiger partial charge in [0.25, 0.3) is 0 Å². The molecule has 372 valence electrons. The van der Waals surface area contributed by atoms with Crippen molar-refractivity contribution in [3.05, 3.63) is 12.2 Å². The fraction of sp³-hybridized carbons (Fsp3) is 0.851. The minimum absolute atomic E-state index is 0.0220. The van der Waals surface area contributed by atoms with E-state index in [2.05, 4.69) is 11.7 Å². The third-order valence-corrected chi connectivity index (χ3v) is 13.7. The molecule has 4 aliphatic heterocycles. The quantitative estimate of drug-likeness (QED) is 0.102. The third kappa shape index (κ3) is 12.9. The van der Waals surface area contributed by atoms with E-state index in [9.17, 15) is 24.3 Å². The lowest BCUT2D eigenvalue weighted by Gasteiger charge is -2.50. The number of carbonyl (C=O) groups excluding carboxylic acids is 4. The highest BCUT2D eigenvalue weighted by Gasteiger charge is 2.56. The molecule has 0 aromatic heterocycles. The summed E-state index contributed by atoms with van der Waals surface area (Å²) in [6.45, 7) is 26.1. The molecule has 18 nitrogen and oxygen atoms in total. The van der Waals surface area contributed by atoms with Gasteiger partial charge in [-0.05, 0) is 80.5 Å². The highest BCUT2D eigenvalue weighted by Crippen LogP contribution is 2.44. The molecule has 4 aliphatic rings. The predicted molar refractivity (Wildman–Crippen MR) is 236 cm³/mol. The first-order valence-electron chi connectivity index (χ1n) is 23.0. The molecule has 18 heteroatoms. The molecule has 0 saturated carbocycles. The number of carbonyl (C=O) groups is 4. The molecular formula is C47H78N2O16. The average Bonchev–Trinajstić information content (AvgIpc) is 3.22. The van der Waals surface area contributed by atoms with Crippen LogP contribution in [-0.4, -0.2) is 158 Å². The second kappa shape index (κ2) is 22.4. The van der Waals surface area contributed by atoms with E-state index in [1.165, 1.54) is 27.9 Å². The maximum atomic E-state index is 14.8. The molecule has 1 unspecified atom stereocenters. The molecule has 0 radical (unpaired) electrons. The Labute approximate surface area is 385 Å². The van der Waals surface area contributed by atoms with E-state index in [0.717, 1.165) is 0 Å². The van der Waals surface area contributed by atoms with Crippen LogP contribution < -0.4 is 0 Å². The van der Waals surface area contributed by atoms with Crippen LogP contribution >= 0.6 is 0 Å². The first kappa shape index (κ1) is 54.5. The Kier molecular flexibility index (Phi) is 18.8. The van der Waals surface area contributed by atoms with Gasteiger partial charge in [-0.2, -0.15) is 0 Å². The number of nitrogens with zero attached hydrogens (tertiary/aromatic N) is 2. The van der Waals surface area contributed by atoms with Gasteiger partial charge in [-0.15, -0.1) is 0 Å². The van der Waals surface area contributed by atoms with E-state index >= 15 is 0 Å². The molecule has 0 aliphatic carbocycles. The molecule has 0 spiro atoms. The normalized spacial score (nSPS) is 43.1. The van der Waals surface area contributed by atoms with Gasteiger partial charge >= 0.3 is 23.9 Å². The Hall–Kier alpha value is -3.07. The molecule has 18 atom stereocenters. The van der Waals surface area contributed by atoms with Crippen LogP contribution in [0.5, 0.6) is 0 Å². The monoisotopic (exact) mass is 927 g/mol. The lowest BCUT2D eigenvalue weighted by atomic mass is 9.73. The number of fused-ring (bicyclic) bond motifs is 5. The average molecular weight is 927 g/mol. The first-order valence-corrected chi connectivity index (χ1v) is 23.0.